The standard InChI is InChI=1S/C13H15NO/c1-5-12(15)14-11-9-7-6-8-10(11)13(2,3)4/h1,6-9H,2-4H3,(H,14,15). The van der Waals surface area contributed by atoms with Gasteiger partial charge in [-0.1, -0.05) is 39.0 Å². The SMILES string of the molecule is C#CC(=O)Nc1ccccc1C(C)(C)C. The molecule has 0 aromatic heterocycles. The van der Waals surface area contributed by atoms with Crippen LogP contribution in [0.25, 0.3) is 0 Å². The van der Waals surface area contributed by atoms with Gasteiger partial charge in [-0.3, -0.25) is 4.79 Å². The highest BCUT2D eigenvalue weighted by molar-refractivity contribution is 6.04. The van der Waals surface area contributed by atoms with Crippen LogP contribution < -0.4 is 5.32 Å². The number of rotatable bonds is 1. The van der Waals surface area contributed by atoms with Crippen molar-refractivity contribution >= 4 is 11.6 Å². The van der Waals surface area contributed by atoms with Gasteiger partial charge in [-0.15, -0.1) is 6.42 Å². The van der Waals surface area contributed by atoms with E-state index in [4.69, 9.17) is 6.42 Å². The zero-order valence-electron chi connectivity index (χ0n) is 9.29. The number of anilines is 1. The Labute approximate surface area is 90.7 Å². The molecule has 2 nitrogen and oxygen atoms in total. The first-order valence-electron chi connectivity index (χ1n) is 4.82. The predicted octanol–water partition coefficient (Wildman–Crippen LogP) is 2.56. The van der Waals surface area contributed by atoms with Crippen molar-refractivity contribution in [3.8, 4) is 12.3 Å². The van der Waals surface area contributed by atoms with Gasteiger partial charge in [-0.05, 0) is 23.0 Å². The number of carbonyl (C=O) groups is 1. The third-order valence-electron chi connectivity index (χ3n) is 2.11. The summed E-state index contributed by atoms with van der Waals surface area (Å²) in [5.74, 6) is 1.63. The predicted molar refractivity (Wildman–Crippen MR) is 62.6 cm³/mol. The molecule has 1 rings (SSSR count). The van der Waals surface area contributed by atoms with Gasteiger partial charge in [0.15, 0.2) is 0 Å². The first-order valence-corrected chi connectivity index (χ1v) is 4.82. The Hall–Kier alpha value is -1.75. The molecule has 1 N–H and O–H groups in total. The summed E-state index contributed by atoms with van der Waals surface area (Å²) in [6, 6.07) is 7.68. The van der Waals surface area contributed by atoms with Gasteiger partial charge in [-0.25, -0.2) is 0 Å². The van der Waals surface area contributed by atoms with E-state index in [1.54, 1.807) is 0 Å². The number of benzene rings is 1. The summed E-state index contributed by atoms with van der Waals surface area (Å²) in [5.41, 5.74) is 1.85. The fraction of sp³-hybridized carbons (Fsp3) is 0.308. The average molecular weight is 201 g/mol. The molecule has 0 unspecified atom stereocenters. The first kappa shape index (κ1) is 11.3. The summed E-state index contributed by atoms with van der Waals surface area (Å²) in [4.78, 5) is 11.1. The molecule has 0 saturated carbocycles. The van der Waals surface area contributed by atoms with Crippen LogP contribution in [0.15, 0.2) is 24.3 Å². The number of para-hydroxylation sites is 1. The maximum absolute atomic E-state index is 11.1. The van der Waals surface area contributed by atoms with Crippen LogP contribution >= 0.6 is 0 Å². The largest absolute Gasteiger partial charge is 0.315 e. The van der Waals surface area contributed by atoms with Crippen LogP contribution in [0.2, 0.25) is 0 Å². The average Bonchev–Trinajstić information content (AvgIpc) is 2.17. The quantitative estimate of drug-likeness (QED) is 0.695. The van der Waals surface area contributed by atoms with E-state index in [0.29, 0.717) is 0 Å². The molecule has 0 aliphatic heterocycles. The van der Waals surface area contributed by atoms with Crippen LogP contribution in [-0.2, 0) is 10.2 Å². The van der Waals surface area contributed by atoms with Gasteiger partial charge in [0.1, 0.15) is 0 Å². The molecule has 0 fully saturated rings. The Bertz CT molecular complexity index is 407. The van der Waals surface area contributed by atoms with Crippen molar-refractivity contribution in [3.05, 3.63) is 29.8 Å². The Morgan fingerprint density at radius 1 is 1.33 bits per heavy atom. The van der Waals surface area contributed by atoms with Crippen molar-refractivity contribution in [2.24, 2.45) is 0 Å². The van der Waals surface area contributed by atoms with E-state index >= 15 is 0 Å². The second-order valence-corrected chi connectivity index (χ2v) is 4.39. The Kier molecular flexibility index (Phi) is 3.16. The smallest absolute Gasteiger partial charge is 0.300 e. The monoisotopic (exact) mass is 201 g/mol. The van der Waals surface area contributed by atoms with Crippen molar-refractivity contribution in [2.45, 2.75) is 26.2 Å². The molecule has 0 saturated heterocycles. The molecule has 15 heavy (non-hydrogen) atoms. The van der Waals surface area contributed by atoms with Crippen LogP contribution in [0.4, 0.5) is 5.69 Å². The summed E-state index contributed by atoms with van der Waals surface area (Å²) >= 11 is 0. The number of carbonyl (C=O) groups excluding carboxylic acids is 1. The molecule has 0 atom stereocenters. The lowest BCUT2D eigenvalue weighted by Gasteiger charge is -2.22. The Morgan fingerprint density at radius 2 is 1.93 bits per heavy atom. The minimum Gasteiger partial charge on any atom is -0.315 e. The number of hydrogen-bond donors (Lipinski definition) is 1. The van der Waals surface area contributed by atoms with Crippen LogP contribution in [-0.4, -0.2) is 5.91 Å². The van der Waals surface area contributed by atoms with Crippen LogP contribution in [0.1, 0.15) is 26.3 Å². The van der Waals surface area contributed by atoms with Crippen LogP contribution in [0.3, 0.4) is 0 Å². The molecule has 0 heterocycles. The molecular formula is C13H15NO. The second-order valence-electron chi connectivity index (χ2n) is 4.39. The van der Waals surface area contributed by atoms with Crippen molar-refractivity contribution in [3.63, 3.8) is 0 Å². The molecule has 1 amide bonds. The molecule has 1 aromatic carbocycles. The zero-order valence-corrected chi connectivity index (χ0v) is 9.29. The summed E-state index contributed by atoms with van der Waals surface area (Å²) in [7, 11) is 0. The van der Waals surface area contributed by atoms with E-state index in [2.05, 4.69) is 26.1 Å². The van der Waals surface area contributed by atoms with Gasteiger partial charge >= 0.3 is 0 Å². The minimum absolute atomic E-state index is 0.0154. The molecule has 78 valence electrons. The van der Waals surface area contributed by atoms with E-state index in [1.807, 2.05) is 30.2 Å². The molecule has 2 heteroatoms. The third-order valence-corrected chi connectivity index (χ3v) is 2.11. The number of nitrogens with one attached hydrogen (secondary N) is 1. The summed E-state index contributed by atoms with van der Waals surface area (Å²) in [6.45, 7) is 6.27. The van der Waals surface area contributed by atoms with Gasteiger partial charge < -0.3 is 5.32 Å². The van der Waals surface area contributed by atoms with Crippen molar-refractivity contribution in [1.82, 2.24) is 0 Å². The molecule has 1 aromatic rings. The van der Waals surface area contributed by atoms with E-state index in [-0.39, 0.29) is 5.41 Å². The fourth-order valence-corrected chi connectivity index (χ4v) is 1.40. The highest BCUT2D eigenvalue weighted by Gasteiger charge is 2.17. The van der Waals surface area contributed by atoms with Crippen molar-refractivity contribution in [2.75, 3.05) is 5.32 Å². The maximum Gasteiger partial charge on any atom is 0.300 e. The van der Waals surface area contributed by atoms with E-state index < -0.39 is 5.91 Å². The van der Waals surface area contributed by atoms with Crippen LogP contribution in [0.5, 0.6) is 0 Å². The normalized spacial score (nSPS) is 10.5. The van der Waals surface area contributed by atoms with E-state index in [9.17, 15) is 4.79 Å². The minimum atomic E-state index is -0.410. The van der Waals surface area contributed by atoms with Crippen LogP contribution in [0, 0.1) is 12.3 Å². The highest BCUT2D eigenvalue weighted by atomic mass is 16.1. The topological polar surface area (TPSA) is 29.1 Å². The number of terminal acetylenes is 1. The highest BCUT2D eigenvalue weighted by Crippen LogP contribution is 2.28. The molecule has 0 aliphatic carbocycles. The Morgan fingerprint density at radius 3 is 2.47 bits per heavy atom. The fourth-order valence-electron chi connectivity index (χ4n) is 1.40. The molecule has 0 spiro atoms. The zero-order chi connectivity index (χ0) is 11.5. The van der Waals surface area contributed by atoms with E-state index in [0.717, 1.165) is 11.3 Å². The Balaban J connectivity index is 3.09. The summed E-state index contributed by atoms with van der Waals surface area (Å²) in [5, 5.41) is 2.69. The third kappa shape index (κ3) is 2.85. The number of amides is 1. The maximum atomic E-state index is 11.1. The second kappa shape index (κ2) is 4.18. The lowest BCUT2D eigenvalue weighted by molar-refractivity contribution is -0.111. The van der Waals surface area contributed by atoms with Gasteiger partial charge in [0.2, 0.25) is 0 Å². The lowest BCUT2D eigenvalue weighted by atomic mass is 9.86. The van der Waals surface area contributed by atoms with Crippen molar-refractivity contribution < 1.29 is 4.79 Å². The van der Waals surface area contributed by atoms with Gasteiger partial charge in [-0.2, -0.15) is 0 Å². The summed E-state index contributed by atoms with van der Waals surface area (Å²) in [6.07, 6.45) is 5.02. The van der Waals surface area contributed by atoms with E-state index in [1.165, 1.54) is 0 Å². The number of hydrogen-bond acceptors (Lipinski definition) is 1. The summed E-state index contributed by atoms with van der Waals surface area (Å²) < 4.78 is 0. The van der Waals surface area contributed by atoms with Gasteiger partial charge in [0, 0.05) is 5.69 Å². The molecule has 0 radical (unpaired) electrons. The molecule has 0 bridgehead atoms. The van der Waals surface area contributed by atoms with Crippen molar-refractivity contribution in [1.29, 1.82) is 0 Å². The van der Waals surface area contributed by atoms with Gasteiger partial charge in [0.25, 0.3) is 5.91 Å². The first-order chi connectivity index (χ1) is 6.95. The van der Waals surface area contributed by atoms with Gasteiger partial charge in [0.05, 0.1) is 0 Å². The molecular weight excluding hydrogens is 186 g/mol. The molecule has 0 aliphatic rings. The lowest BCUT2D eigenvalue weighted by Crippen LogP contribution is -2.17.